The molecule has 1 N–H and O–H groups in total. The zero-order valence-corrected chi connectivity index (χ0v) is 19.1. The minimum Gasteiger partial charge on any atom is -0.269 e. The molecule has 4 nitrogen and oxygen atoms in total. The second-order valence-corrected chi connectivity index (χ2v) is 9.28. The third-order valence-electron chi connectivity index (χ3n) is 5.10. The van der Waals surface area contributed by atoms with E-state index in [2.05, 4.69) is 31.2 Å². The van der Waals surface area contributed by atoms with Gasteiger partial charge in [-0.25, -0.2) is 13.1 Å². The van der Waals surface area contributed by atoms with E-state index >= 15 is 0 Å². The van der Waals surface area contributed by atoms with Crippen LogP contribution in [0.1, 0.15) is 42.5 Å². The van der Waals surface area contributed by atoms with Crippen LogP contribution in [0.15, 0.2) is 91.0 Å². The normalized spacial score (nSPS) is 12.4. The van der Waals surface area contributed by atoms with Gasteiger partial charge in [-0.15, -0.1) is 0 Å². The van der Waals surface area contributed by atoms with Crippen molar-refractivity contribution < 1.29 is 13.2 Å². The van der Waals surface area contributed by atoms with Crippen molar-refractivity contribution in [1.29, 1.82) is 0 Å². The Morgan fingerprint density at radius 1 is 0.781 bits per heavy atom. The molecular weight excluding hydrogens is 418 g/mol. The van der Waals surface area contributed by atoms with Gasteiger partial charge in [-0.3, -0.25) is 4.79 Å². The van der Waals surface area contributed by atoms with E-state index in [1.807, 2.05) is 65.4 Å². The summed E-state index contributed by atoms with van der Waals surface area (Å²) in [6.07, 6.45) is 3.72. The Morgan fingerprint density at radius 3 is 1.84 bits per heavy atom. The molecule has 0 saturated heterocycles. The number of hydrogen-bond donors (Lipinski definition) is 1. The molecule has 0 aliphatic carbocycles. The van der Waals surface area contributed by atoms with Crippen LogP contribution in [0, 0.1) is 0 Å². The molecule has 3 aromatic carbocycles. The van der Waals surface area contributed by atoms with Crippen LogP contribution in [-0.2, 0) is 14.8 Å². The lowest BCUT2D eigenvalue weighted by atomic mass is 9.88. The number of rotatable bonds is 8. The minimum atomic E-state index is -3.57. The van der Waals surface area contributed by atoms with Gasteiger partial charge in [-0.2, -0.15) is 0 Å². The lowest BCUT2D eigenvalue weighted by Crippen LogP contribution is -2.30. The van der Waals surface area contributed by atoms with Crippen molar-refractivity contribution in [2.45, 2.75) is 20.3 Å². The molecule has 0 radical (unpaired) electrons. The molecule has 32 heavy (non-hydrogen) atoms. The van der Waals surface area contributed by atoms with Crippen molar-refractivity contribution in [1.82, 2.24) is 4.72 Å². The van der Waals surface area contributed by atoms with Crippen LogP contribution >= 0.6 is 0 Å². The highest BCUT2D eigenvalue weighted by atomic mass is 32.2. The number of carbonyl (C=O) groups is 1. The monoisotopic (exact) mass is 445 g/mol. The topological polar surface area (TPSA) is 63.2 Å². The van der Waals surface area contributed by atoms with Crippen LogP contribution in [0.25, 0.3) is 17.2 Å². The number of benzene rings is 3. The molecule has 0 atom stereocenters. The molecule has 0 aliphatic rings. The first kappa shape index (κ1) is 23.2. The SMILES string of the molecule is CCC(=C(c1ccccc1)c1ccc(C=CC(=O)NS(=O)(=O)CC)cc1)c1ccccc1. The van der Waals surface area contributed by atoms with Crippen LogP contribution in [0.5, 0.6) is 0 Å². The van der Waals surface area contributed by atoms with E-state index in [-0.39, 0.29) is 5.75 Å². The maximum Gasteiger partial charge on any atom is 0.257 e. The molecular formula is C27H27NO3S. The summed E-state index contributed by atoms with van der Waals surface area (Å²) in [5.74, 6) is -0.796. The number of sulfonamides is 1. The Balaban J connectivity index is 1.96. The number of allylic oxidation sites excluding steroid dienone is 1. The molecule has 3 rings (SSSR count). The quantitative estimate of drug-likeness (QED) is 0.366. The summed E-state index contributed by atoms with van der Waals surface area (Å²) >= 11 is 0. The molecule has 0 saturated carbocycles. The highest BCUT2D eigenvalue weighted by molar-refractivity contribution is 7.90. The fourth-order valence-corrected chi connectivity index (χ4v) is 4.00. The number of hydrogen-bond acceptors (Lipinski definition) is 3. The van der Waals surface area contributed by atoms with Gasteiger partial charge in [-0.05, 0) is 52.8 Å². The van der Waals surface area contributed by atoms with Crippen molar-refractivity contribution in [2.75, 3.05) is 5.75 Å². The van der Waals surface area contributed by atoms with Crippen molar-refractivity contribution in [3.8, 4) is 0 Å². The summed E-state index contributed by atoms with van der Waals surface area (Å²) in [4.78, 5) is 11.9. The Bertz CT molecular complexity index is 1210. The van der Waals surface area contributed by atoms with Crippen LogP contribution in [0.2, 0.25) is 0 Å². The molecule has 0 unspecified atom stereocenters. The number of carbonyl (C=O) groups excluding carboxylic acids is 1. The predicted molar refractivity (Wildman–Crippen MR) is 132 cm³/mol. The standard InChI is InChI=1S/C27H27NO3S/c1-3-25(22-11-7-5-8-12-22)27(23-13-9-6-10-14-23)24-18-15-21(16-19-24)17-20-26(29)28-32(30,31)4-2/h5-20H,3-4H2,1-2H3,(H,28,29). The Kier molecular flexibility index (Phi) is 7.79. The molecule has 0 spiro atoms. The fraction of sp³-hybridized carbons (Fsp3) is 0.148. The van der Waals surface area contributed by atoms with Crippen LogP contribution in [0.4, 0.5) is 0 Å². The lowest BCUT2D eigenvalue weighted by molar-refractivity contribution is -0.114. The fourth-order valence-electron chi connectivity index (χ4n) is 3.48. The highest BCUT2D eigenvalue weighted by Crippen LogP contribution is 2.34. The van der Waals surface area contributed by atoms with Gasteiger partial charge in [0, 0.05) is 6.08 Å². The number of nitrogens with one attached hydrogen (secondary N) is 1. The van der Waals surface area contributed by atoms with Crippen molar-refractivity contribution >= 4 is 33.2 Å². The molecule has 0 bridgehead atoms. The summed E-state index contributed by atoms with van der Waals surface area (Å²) in [7, 11) is -3.57. The first-order chi connectivity index (χ1) is 15.4. The molecule has 0 heterocycles. The summed E-state index contributed by atoms with van der Waals surface area (Å²) < 4.78 is 25.0. The van der Waals surface area contributed by atoms with Gasteiger partial charge >= 0.3 is 0 Å². The first-order valence-corrected chi connectivity index (χ1v) is 12.3. The first-order valence-electron chi connectivity index (χ1n) is 10.6. The Morgan fingerprint density at radius 2 is 1.31 bits per heavy atom. The predicted octanol–water partition coefficient (Wildman–Crippen LogP) is 5.53. The van der Waals surface area contributed by atoms with E-state index < -0.39 is 15.9 Å². The van der Waals surface area contributed by atoms with Gasteiger partial charge in [0.05, 0.1) is 5.75 Å². The summed E-state index contributed by atoms with van der Waals surface area (Å²) in [5.41, 5.74) is 6.63. The zero-order valence-electron chi connectivity index (χ0n) is 18.3. The van der Waals surface area contributed by atoms with E-state index in [4.69, 9.17) is 0 Å². The third kappa shape index (κ3) is 6.05. The summed E-state index contributed by atoms with van der Waals surface area (Å²) in [6.45, 7) is 3.64. The zero-order chi connectivity index (χ0) is 23.0. The van der Waals surface area contributed by atoms with Gasteiger partial charge in [0.25, 0.3) is 5.91 Å². The molecule has 0 aromatic heterocycles. The average Bonchev–Trinajstić information content (AvgIpc) is 2.82. The second-order valence-electron chi connectivity index (χ2n) is 7.26. The third-order valence-corrected chi connectivity index (χ3v) is 6.37. The lowest BCUT2D eigenvalue weighted by Gasteiger charge is -2.16. The average molecular weight is 446 g/mol. The van der Waals surface area contributed by atoms with Crippen molar-refractivity contribution in [2.24, 2.45) is 0 Å². The van der Waals surface area contributed by atoms with E-state index in [1.54, 1.807) is 6.08 Å². The van der Waals surface area contributed by atoms with E-state index in [9.17, 15) is 13.2 Å². The van der Waals surface area contributed by atoms with Crippen LogP contribution < -0.4 is 4.72 Å². The molecule has 164 valence electrons. The van der Waals surface area contributed by atoms with Gasteiger partial charge in [-0.1, -0.05) is 91.9 Å². The largest absolute Gasteiger partial charge is 0.269 e. The van der Waals surface area contributed by atoms with Gasteiger partial charge in [0.1, 0.15) is 0 Å². The van der Waals surface area contributed by atoms with Crippen LogP contribution in [0.3, 0.4) is 0 Å². The maximum absolute atomic E-state index is 11.9. The highest BCUT2D eigenvalue weighted by Gasteiger charge is 2.13. The molecule has 0 aliphatic heterocycles. The van der Waals surface area contributed by atoms with E-state index in [1.165, 1.54) is 29.7 Å². The second kappa shape index (κ2) is 10.7. The number of amides is 1. The Hall–Kier alpha value is -3.44. The summed E-state index contributed by atoms with van der Waals surface area (Å²) in [5, 5.41) is 0. The molecule has 0 fully saturated rings. The van der Waals surface area contributed by atoms with Gasteiger partial charge in [0.2, 0.25) is 10.0 Å². The summed E-state index contributed by atoms with van der Waals surface area (Å²) in [6, 6.07) is 28.6. The Labute approximate surface area is 190 Å². The molecule has 3 aromatic rings. The van der Waals surface area contributed by atoms with Gasteiger partial charge in [0.15, 0.2) is 0 Å². The minimum absolute atomic E-state index is 0.142. The van der Waals surface area contributed by atoms with Gasteiger partial charge < -0.3 is 0 Å². The van der Waals surface area contributed by atoms with E-state index in [0.29, 0.717) is 0 Å². The van der Waals surface area contributed by atoms with Crippen LogP contribution in [-0.4, -0.2) is 20.1 Å². The molecule has 5 heteroatoms. The van der Waals surface area contributed by atoms with Crippen molar-refractivity contribution in [3.63, 3.8) is 0 Å². The van der Waals surface area contributed by atoms with Crippen molar-refractivity contribution in [3.05, 3.63) is 113 Å². The van der Waals surface area contributed by atoms with E-state index in [0.717, 1.165) is 23.1 Å². The molecule has 1 amide bonds. The maximum atomic E-state index is 11.9. The smallest absolute Gasteiger partial charge is 0.257 e.